The highest BCUT2D eigenvalue weighted by Crippen LogP contribution is 2.26. The van der Waals surface area contributed by atoms with Crippen LogP contribution in [0.3, 0.4) is 0 Å². The molecule has 2 aromatic carbocycles. The standard InChI is InChI=1S/C18H17FN2OS.BrH/c1-3-21-16(13-9-10-17(22-2)15(19)11-13)12-23-18(21)20-14-7-5-4-6-8-14;/h4-12H,3H2,1-2H3;1H. The molecule has 0 saturated heterocycles. The number of ether oxygens (including phenoxy) is 1. The summed E-state index contributed by atoms with van der Waals surface area (Å²) >= 11 is 1.55. The molecule has 0 radical (unpaired) electrons. The minimum atomic E-state index is -0.361. The second-order valence-electron chi connectivity index (χ2n) is 4.94. The summed E-state index contributed by atoms with van der Waals surface area (Å²) in [5, 5.41) is 2.01. The van der Waals surface area contributed by atoms with Crippen molar-refractivity contribution in [2.24, 2.45) is 4.99 Å². The monoisotopic (exact) mass is 408 g/mol. The van der Waals surface area contributed by atoms with E-state index < -0.39 is 0 Å². The van der Waals surface area contributed by atoms with E-state index in [4.69, 9.17) is 4.74 Å². The van der Waals surface area contributed by atoms with Crippen molar-refractivity contribution in [1.29, 1.82) is 0 Å². The zero-order valence-corrected chi connectivity index (χ0v) is 15.9. The number of methoxy groups -OCH3 is 1. The van der Waals surface area contributed by atoms with E-state index in [0.717, 1.165) is 28.3 Å². The Morgan fingerprint density at radius 2 is 1.92 bits per heavy atom. The predicted molar refractivity (Wildman–Crippen MR) is 102 cm³/mol. The average molecular weight is 409 g/mol. The van der Waals surface area contributed by atoms with Crippen LogP contribution in [-0.2, 0) is 6.54 Å². The van der Waals surface area contributed by atoms with Gasteiger partial charge >= 0.3 is 0 Å². The van der Waals surface area contributed by atoms with Crippen molar-refractivity contribution in [3.05, 3.63) is 64.5 Å². The van der Waals surface area contributed by atoms with E-state index >= 15 is 0 Å². The molecule has 0 N–H and O–H groups in total. The summed E-state index contributed by atoms with van der Waals surface area (Å²) in [5.41, 5.74) is 2.67. The van der Waals surface area contributed by atoms with Gasteiger partial charge in [-0.25, -0.2) is 9.38 Å². The molecule has 3 aromatic rings. The lowest BCUT2D eigenvalue weighted by Gasteiger charge is -2.08. The molecule has 126 valence electrons. The van der Waals surface area contributed by atoms with Gasteiger partial charge in [0, 0.05) is 17.5 Å². The Bertz CT molecular complexity index is 874. The molecule has 3 rings (SSSR count). The van der Waals surface area contributed by atoms with Crippen molar-refractivity contribution in [2.45, 2.75) is 13.5 Å². The van der Waals surface area contributed by atoms with E-state index in [1.807, 2.05) is 41.8 Å². The first-order valence-electron chi connectivity index (χ1n) is 7.35. The lowest BCUT2D eigenvalue weighted by molar-refractivity contribution is 0.386. The Morgan fingerprint density at radius 3 is 2.54 bits per heavy atom. The summed E-state index contributed by atoms with van der Waals surface area (Å²) in [6, 6.07) is 14.8. The molecule has 0 unspecified atom stereocenters. The third-order valence-corrected chi connectivity index (χ3v) is 4.41. The Labute approximate surface area is 154 Å². The van der Waals surface area contributed by atoms with E-state index in [1.165, 1.54) is 13.2 Å². The van der Waals surface area contributed by atoms with Crippen molar-refractivity contribution in [1.82, 2.24) is 4.57 Å². The van der Waals surface area contributed by atoms with Gasteiger partial charge in [-0.05, 0) is 37.3 Å². The van der Waals surface area contributed by atoms with Gasteiger partial charge in [0.05, 0.1) is 18.5 Å². The molecule has 1 heterocycles. The van der Waals surface area contributed by atoms with E-state index in [2.05, 4.69) is 16.5 Å². The normalized spacial score (nSPS) is 11.2. The highest BCUT2D eigenvalue weighted by Gasteiger charge is 2.10. The topological polar surface area (TPSA) is 26.5 Å². The first-order chi connectivity index (χ1) is 11.2. The maximum atomic E-state index is 14.0. The van der Waals surface area contributed by atoms with Crippen LogP contribution in [0.25, 0.3) is 11.3 Å². The summed E-state index contributed by atoms with van der Waals surface area (Å²) in [6.45, 7) is 2.82. The molecule has 0 aliphatic rings. The Balaban J connectivity index is 0.00000208. The molecular formula is C18H18BrFN2OS. The van der Waals surface area contributed by atoms with Crippen LogP contribution in [-0.4, -0.2) is 11.7 Å². The fourth-order valence-electron chi connectivity index (χ4n) is 2.39. The first-order valence-corrected chi connectivity index (χ1v) is 8.23. The van der Waals surface area contributed by atoms with Crippen LogP contribution >= 0.6 is 28.3 Å². The summed E-state index contributed by atoms with van der Waals surface area (Å²) in [4.78, 5) is 5.57. The highest BCUT2D eigenvalue weighted by atomic mass is 79.9. The average Bonchev–Trinajstić information content (AvgIpc) is 2.98. The van der Waals surface area contributed by atoms with Gasteiger partial charge in [-0.15, -0.1) is 28.3 Å². The van der Waals surface area contributed by atoms with Crippen molar-refractivity contribution in [2.75, 3.05) is 7.11 Å². The zero-order chi connectivity index (χ0) is 16.2. The summed E-state index contributed by atoms with van der Waals surface area (Å²) in [5.74, 6) is -0.110. The quantitative estimate of drug-likeness (QED) is 0.582. The molecule has 0 spiro atoms. The zero-order valence-electron chi connectivity index (χ0n) is 13.4. The number of rotatable bonds is 4. The van der Waals surface area contributed by atoms with E-state index in [0.29, 0.717) is 0 Å². The van der Waals surface area contributed by atoms with Crippen molar-refractivity contribution >= 4 is 34.0 Å². The number of thiazole rings is 1. The van der Waals surface area contributed by atoms with Crippen LogP contribution in [0, 0.1) is 5.82 Å². The molecule has 3 nitrogen and oxygen atoms in total. The molecule has 0 aliphatic carbocycles. The molecule has 6 heteroatoms. The van der Waals surface area contributed by atoms with Gasteiger partial charge in [-0.2, -0.15) is 0 Å². The van der Waals surface area contributed by atoms with E-state index in [-0.39, 0.29) is 28.5 Å². The van der Waals surface area contributed by atoms with Crippen LogP contribution < -0.4 is 9.54 Å². The number of aromatic nitrogens is 1. The molecule has 0 saturated carbocycles. The predicted octanol–water partition coefficient (Wildman–Crippen LogP) is 5.19. The smallest absolute Gasteiger partial charge is 0.190 e. The molecule has 24 heavy (non-hydrogen) atoms. The minimum Gasteiger partial charge on any atom is -0.494 e. The van der Waals surface area contributed by atoms with Gasteiger partial charge < -0.3 is 9.30 Å². The second kappa shape index (κ2) is 8.26. The van der Waals surface area contributed by atoms with Gasteiger partial charge in [-0.1, -0.05) is 18.2 Å². The molecule has 0 atom stereocenters. The Hall–Kier alpha value is -1.92. The van der Waals surface area contributed by atoms with Crippen LogP contribution in [0.5, 0.6) is 5.75 Å². The molecule has 0 fully saturated rings. The van der Waals surface area contributed by atoms with Gasteiger partial charge in [0.15, 0.2) is 16.4 Å². The first kappa shape index (κ1) is 18.4. The van der Waals surface area contributed by atoms with Gasteiger partial charge in [0.25, 0.3) is 0 Å². The number of benzene rings is 2. The van der Waals surface area contributed by atoms with Crippen LogP contribution in [0.2, 0.25) is 0 Å². The number of para-hydroxylation sites is 1. The molecule has 0 aliphatic heterocycles. The number of hydrogen-bond donors (Lipinski definition) is 0. The largest absolute Gasteiger partial charge is 0.494 e. The van der Waals surface area contributed by atoms with Crippen LogP contribution in [0.1, 0.15) is 6.92 Å². The molecular weight excluding hydrogens is 391 g/mol. The number of hydrogen-bond acceptors (Lipinski definition) is 3. The second-order valence-corrected chi connectivity index (χ2v) is 5.78. The third kappa shape index (κ3) is 3.76. The minimum absolute atomic E-state index is 0. The lowest BCUT2D eigenvalue weighted by Crippen LogP contribution is -2.14. The van der Waals surface area contributed by atoms with Crippen LogP contribution in [0.15, 0.2) is 58.9 Å². The van der Waals surface area contributed by atoms with Gasteiger partial charge in [0.2, 0.25) is 0 Å². The maximum absolute atomic E-state index is 14.0. The third-order valence-electron chi connectivity index (χ3n) is 3.54. The SMILES string of the molecule is Br.CCn1c(-c2ccc(OC)c(F)c2)csc1=Nc1ccccc1. The Kier molecular flexibility index (Phi) is 6.34. The summed E-state index contributed by atoms with van der Waals surface area (Å²) < 4.78 is 21.0. The van der Waals surface area contributed by atoms with Crippen molar-refractivity contribution in [3.63, 3.8) is 0 Å². The Morgan fingerprint density at radius 1 is 1.17 bits per heavy atom. The van der Waals surface area contributed by atoms with Crippen LogP contribution in [0.4, 0.5) is 10.1 Å². The van der Waals surface area contributed by atoms with Crippen molar-refractivity contribution < 1.29 is 9.13 Å². The molecule has 1 aromatic heterocycles. The number of halogens is 2. The highest BCUT2D eigenvalue weighted by molar-refractivity contribution is 8.93. The maximum Gasteiger partial charge on any atom is 0.190 e. The van der Waals surface area contributed by atoms with E-state index in [9.17, 15) is 4.39 Å². The van der Waals surface area contributed by atoms with E-state index in [1.54, 1.807) is 17.4 Å². The van der Waals surface area contributed by atoms with Crippen molar-refractivity contribution in [3.8, 4) is 17.0 Å². The van der Waals surface area contributed by atoms with Gasteiger partial charge in [0.1, 0.15) is 0 Å². The number of nitrogens with zero attached hydrogens (tertiary/aromatic N) is 2. The molecule has 0 bridgehead atoms. The fourth-order valence-corrected chi connectivity index (χ4v) is 3.39. The lowest BCUT2D eigenvalue weighted by atomic mass is 10.1. The fraction of sp³-hybridized carbons (Fsp3) is 0.167. The summed E-state index contributed by atoms with van der Waals surface area (Å²) in [6.07, 6.45) is 0. The van der Waals surface area contributed by atoms with Gasteiger partial charge in [-0.3, -0.25) is 0 Å². The molecule has 0 amide bonds. The summed E-state index contributed by atoms with van der Waals surface area (Å²) in [7, 11) is 1.46.